The summed E-state index contributed by atoms with van der Waals surface area (Å²) >= 11 is 4.68. The Kier molecular flexibility index (Phi) is 6.28. The van der Waals surface area contributed by atoms with Crippen LogP contribution < -0.4 is 0 Å². The summed E-state index contributed by atoms with van der Waals surface area (Å²) < 4.78 is 16.7. The summed E-state index contributed by atoms with van der Waals surface area (Å²) in [6.45, 7) is 0.534. The Morgan fingerprint density at radius 3 is 2.59 bits per heavy atom. The lowest BCUT2D eigenvalue weighted by Crippen LogP contribution is -2.27. The maximum absolute atomic E-state index is 14.0. The van der Waals surface area contributed by atoms with Crippen LogP contribution in [0.4, 0.5) is 4.39 Å². The van der Waals surface area contributed by atoms with E-state index in [9.17, 15) is 9.18 Å². The van der Waals surface area contributed by atoms with Gasteiger partial charge in [-0.25, -0.2) is 4.39 Å². The van der Waals surface area contributed by atoms with Gasteiger partial charge in [-0.3, -0.25) is 4.79 Å². The zero-order chi connectivity index (χ0) is 19.4. The summed E-state index contributed by atoms with van der Waals surface area (Å²) in [6.07, 6.45) is 0. The molecule has 0 spiro atoms. The van der Waals surface area contributed by atoms with Crippen molar-refractivity contribution in [3.63, 3.8) is 0 Å². The average Bonchev–Trinajstić information content (AvgIpc) is 3.02. The lowest BCUT2D eigenvalue weighted by atomic mass is 10.2. The number of benzene rings is 2. The first kappa shape index (κ1) is 19.6. The Bertz CT molecular complexity index is 945. The van der Waals surface area contributed by atoms with E-state index in [1.54, 1.807) is 41.8 Å². The van der Waals surface area contributed by atoms with Gasteiger partial charge in [-0.05, 0) is 29.8 Å². The van der Waals surface area contributed by atoms with Crippen LogP contribution in [-0.4, -0.2) is 38.4 Å². The molecule has 8 heteroatoms. The van der Waals surface area contributed by atoms with E-state index in [-0.39, 0.29) is 17.5 Å². The molecule has 0 saturated carbocycles. The fourth-order valence-corrected chi connectivity index (χ4v) is 3.62. The lowest BCUT2D eigenvalue weighted by molar-refractivity contribution is -0.127. The molecule has 0 N–H and O–H groups in total. The number of thioether (sulfide) groups is 1. The van der Waals surface area contributed by atoms with Crippen LogP contribution in [0.15, 0.2) is 58.2 Å². The minimum Gasteiger partial charge on any atom is -0.341 e. The number of halogens is 2. The van der Waals surface area contributed by atoms with E-state index in [0.29, 0.717) is 23.1 Å². The highest BCUT2D eigenvalue weighted by Gasteiger charge is 2.16. The molecule has 0 aliphatic rings. The van der Waals surface area contributed by atoms with Crippen LogP contribution in [0.25, 0.3) is 11.4 Å². The van der Waals surface area contributed by atoms with Gasteiger partial charge in [0.2, 0.25) is 5.91 Å². The number of amides is 1. The highest BCUT2D eigenvalue weighted by Crippen LogP contribution is 2.24. The molecule has 140 valence electrons. The molecule has 3 rings (SSSR count). The SMILES string of the molecule is CN(Cc1ccc(Br)cc1)C(=O)CSc1nnc(-c2ccccc2F)n1C. The first-order chi connectivity index (χ1) is 13.0. The van der Waals surface area contributed by atoms with Crippen LogP contribution >= 0.6 is 27.7 Å². The second-order valence-electron chi connectivity index (χ2n) is 6.01. The molecule has 0 aliphatic heterocycles. The van der Waals surface area contributed by atoms with Crippen LogP contribution in [0.1, 0.15) is 5.56 Å². The van der Waals surface area contributed by atoms with Crippen molar-refractivity contribution in [1.29, 1.82) is 0 Å². The quantitative estimate of drug-likeness (QED) is 0.531. The number of hydrogen-bond donors (Lipinski definition) is 0. The molecule has 0 radical (unpaired) electrons. The van der Waals surface area contributed by atoms with Gasteiger partial charge >= 0.3 is 0 Å². The second-order valence-corrected chi connectivity index (χ2v) is 7.87. The smallest absolute Gasteiger partial charge is 0.233 e. The Labute approximate surface area is 169 Å². The lowest BCUT2D eigenvalue weighted by Gasteiger charge is -2.17. The van der Waals surface area contributed by atoms with Gasteiger partial charge in [-0.15, -0.1) is 10.2 Å². The van der Waals surface area contributed by atoms with Crippen molar-refractivity contribution >= 4 is 33.6 Å². The van der Waals surface area contributed by atoms with E-state index in [1.807, 2.05) is 24.3 Å². The number of rotatable bonds is 6. The van der Waals surface area contributed by atoms with E-state index >= 15 is 0 Å². The first-order valence-corrected chi connectivity index (χ1v) is 9.99. The topological polar surface area (TPSA) is 51.0 Å². The molecule has 27 heavy (non-hydrogen) atoms. The van der Waals surface area contributed by atoms with Crippen molar-refractivity contribution in [2.45, 2.75) is 11.7 Å². The fourth-order valence-electron chi connectivity index (χ4n) is 2.51. The summed E-state index contributed by atoms with van der Waals surface area (Å²) in [7, 11) is 3.53. The molecule has 1 amide bonds. The number of carbonyl (C=O) groups excluding carboxylic acids is 1. The Morgan fingerprint density at radius 2 is 1.89 bits per heavy atom. The molecule has 0 aliphatic carbocycles. The zero-order valence-electron chi connectivity index (χ0n) is 14.9. The van der Waals surface area contributed by atoms with Crippen molar-refractivity contribution in [2.75, 3.05) is 12.8 Å². The van der Waals surface area contributed by atoms with Gasteiger partial charge < -0.3 is 9.47 Å². The van der Waals surface area contributed by atoms with Crippen molar-refractivity contribution < 1.29 is 9.18 Å². The number of aromatic nitrogens is 3. The van der Waals surface area contributed by atoms with Crippen LogP contribution in [-0.2, 0) is 18.4 Å². The van der Waals surface area contributed by atoms with Gasteiger partial charge in [0.25, 0.3) is 0 Å². The predicted molar refractivity (Wildman–Crippen MR) is 108 cm³/mol. The summed E-state index contributed by atoms with van der Waals surface area (Å²) in [5.41, 5.74) is 1.44. The van der Waals surface area contributed by atoms with E-state index in [2.05, 4.69) is 26.1 Å². The molecule has 0 saturated heterocycles. The molecule has 0 atom stereocenters. The highest BCUT2D eigenvalue weighted by molar-refractivity contribution is 9.10. The van der Waals surface area contributed by atoms with Crippen LogP contribution in [0, 0.1) is 5.82 Å². The van der Waals surface area contributed by atoms with Gasteiger partial charge in [0.05, 0.1) is 11.3 Å². The number of nitrogens with zero attached hydrogens (tertiary/aromatic N) is 4. The fraction of sp³-hybridized carbons (Fsp3) is 0.211. The average molecular weight is 449 g/mol. The molecule has 5 nitrogen and oxygen atoms in total. The van der Waals surface area contributed by atoms with Gasteiger partial charge in [0.1, 0.15) is 5.82 Å². The molecule has 1 aromatic heterocycles. The summed E-state index contributed by atoms with van der Waals surface area (Å²) in [5, 5.41) is 8.73. The van der Waals surface area contributed by atoms with E-state index in [4.69, 9.17) is 0 Å². The van der Waals surface area contributed by atoms with E-state index in [1.165, 1.54) is 17.8 Å². The largest absolute Gasteiger partial charge is 0.341 e. The Balaban J connectivity index is 1.62. The third-order valence-electron chi connectivity index (χ3n) is 4.03. The standard InChI is InChI=1S/C19H18BrFN4OS/c1-24(11-13-7-9-14(20)10-8-13)17(26)12-27-19-23-22-18(25(19)2)15-5-3-4-6-16(15)21/h3-10H,11-12H2,1-2H3. The molecule has 3 aromatic rings. The zero-order valence-corrected chi connectivity index (χ0v) is 17.3. The van der Waals surface area contributed by atoms with E-state index in [0.717, 1.165) is 10.0 Å². The normalized spacial score (nSPS) is 10.8. The predicted octanol–water partition coefficient (Wildman–Crippen LogP) is 4.13. The van der Waals surface area contributed by atoms with Gasteiger partial charge in [0.15, 0.2) is 11.0 Å². The molecule has 0 bridgehead atoms. The maximum Gasteiger partial charge on any atom is 0.233 e. The summed E-state index contributed by atoms with van der Waals surface area (Å²) in [4.78, 5) is 14.1. The molecule has 0 fully saturated rings. The highest BCUT2D eigenvalue weighted by atomic mass is 79.9. The van der Waals surface area contributed by atoms with Crippen molar-refractivity contribution in [1.82, 2.24) is 19.7 Å². The van der Waals surface area contributed by atoms with Gasteiger partial charge in [-0.2, -0.15) is 0 Å². The molecule has 0 unspecified atom stereocenters. The second kappa shape index (κ2) is 8.67. The molecule has 1 heterocycles. The van der Waals surface area contributed by atoms with Gasteiger partial charge in [0, 0.05) is 25.1 Å². The van der Waals surface area contributed by atoms with E-state index < -0.39 is 0 Å². The van der Waals surface area contributed by atoms with Crippen LogP contribution in [0.2, 0.25) is 0 Å². The summed E-state index contributed by atoms with van der Waals surface area (Å²) in [6, 6.07) is 14.3. The minimum atomic E-state index is -0.352. The van der Waals surface area contributed by atoms with Crippen molar-refractivity contribution in [3.8, 4) is 11.4 Å². The van der Waals surface area contributed by atoms with Crippen molar-refractivity contribution in [2.24, 2.45) is 7.05 Å². The number of hydrogen-bond acceptors (Lipinski definition) is 4. The Hall–Kier alpha value is -2.19. The monoisotopic (exact) mass is 448 g/mol. The van der Waals surface area contributed by atoms with Gasteiger partial charge in [-0.1, -0.05) is 52.0 Å². The molecule has 2 aromatic carbocycles. The number of carbonyl (C=O) groups is 1. The Morgan fingerprint density at radius 1 is 1.19 bits per heavy atom. The molecular formula is C19H18BrFN4OS. The van der Waals surface area contributed by atoms with Crippen LogP contribution in [0.3, 0.4) is 0 Å². The minimum absolute atomic E-state index is 0.0154. The van der Waals surface area contributed by atoms with Crippen LogP contribution in [0.5, 0.6) is 0 Å². The summed E-state index contributed by atoms with van der Waals surface area (Å²) in [5.74, 6) is 0.301. The van der Waals surface area contributed by atoms with Crippen molar-refractivity contribution in [3.05, 3.63) is 64.4 Å². The third kappa shape index (κ3) is 4.75. The maximum atomic E-state index is 14.0. The third-order valence-corrected chi connectivity index (χ3v) is 5.57. The first-order valence-electron chi connectivity index (χ1n) is 8.21. The molecular weight excluding hydrogens is 431 g/mol.